The van der Waals surface area contributed by atoms with Crippen LogP contribution in [0.5, 0.6) is 0 Å². The Balaban J connectivity index is 2.45. The molecular formula is C13H18FNO2S. The number of ether oxygens (including phenoxy) is 1. The van der Waals surface area contributed by atoms with Crippen molar-refractivity contribution in [3.8, 4) is 0 Å². The normalized spacial score (nSPS) is 11.3. The van der Waals surface area contributed by atoms with E-state index < -0.39 is 5.60 Å². The quantitative estimate of drug-likeness (QED) is 0.675. The monoisotopic (exact) mass is 271 g/mol. The molecule has 1 rings (SSSR count). The van der Waals surface area contributed by atoms with Crippen LogP contribution in [0.25, 0.3) is 0 Å². The molecule has 0 aromatic heterocycles. The first-order chi connectivity index (χ1) is 8.29. The van der Waals surface area contributed by atoms with E-state index in [1.54, 1.807) is 12.1 Å². The molecule has 0 amide bonds. The van der Waals surface area contributed by atoms with Crippen LogP contribution in [-0.4, -0.2) is 17.3 Å². The second-order valence-electron chi connectivity index (χ2n) is 4.89. The van der Waals surface area contributed by atoms with Gasteiger partial charge in [0.2, 0.25) is 0 Å². The van der Waals surface area contributed by atoms with Crippen LogP contribution < -0.4 is 5.73 Å². The van der Waals surface area contributed by atoms with Gasteiger partial charge in [-0.15, -0.1) is 11.8 Å². The molecule has 18 heavy (non-hydrogen) atoms. The van der Waals surface area contributed by atoms with Crippen LogP contribution in [0, 0.1) is 5.82 Å². The lowest BCUT2D eigenvalue weighted by molar-refractivity contribution is -0.151. The van der Waals surface area contributed by atoms with Crippen molar-refractivity contribution >= 4 is 23.4 Å². The van der Waals surface area contributed by atoms with Gasteiger partial charge in [-0.25, -0.2) is 4.39 Å². The van der Waals surface area contributed by atoms with Crippen molar-refractivity contribution in [2.24, 2.45) is 0 Å². The molecule has 0 spiro atoms. The van der Waals surface area contributed by atoms with E-state index in [0.717, 1.165) is 0 Å². The van der Waals surface area contributed by atoms with E-state index in [1.165, 1.54) is 17.8 Å². The van der Waals surface area contributed by atoms with Gasteiger partial charge in [0, 0.05) is 17.0 Å². The average molecular weight is 271 g/mol. The minimum absolute atomic E-state index is 0.186. The van der Waals surface area contributed by atoms with Gasteiger partial charge >= 0.3 is 5.97 Å². The highest BCUT2D eigenvalue weighted by Gasteiger charge is 2.16. The average Bonchev–Trinajstić information content (AvgIpc) is 2.19. The fourth-order valence-electron chi connectivity index (χ4n) is 1.34. The highest BCUT2D eigenvalue weighted by molar-refractivity contribution is 7.99. The highest BCUT2D eigenvalue weighted by Crippen LogP contribution is 2.22. The number of nitrogens with two attached hydrogens (primary N) is 1. The number of carbonyl (C=O) groups is 1. The minimum atomic E-state index is -0.491. The standard InChI is InChI=1S/C13H18FNO2S/c1-13(2,3)17-12(16)8-18-7-9-10(14)5-4-6-11(9)15/h4-6H,7-8,15H2,1-3H3. The van der Waals surface area contributed by atoms with Crippen LogP contribution in [-0.2, 0) is 15.3 Å². The van der Waals surface area contributed by atoms with Crippen LogP contribution in [0.2, 0.25) is 0 Å². The lowest BCUT2D eigenvalue weighted by Crippen LogP contribution is -2.25. The summed E-state index contributed by atoms with van der Waals surface area (Å²) < 4.78 is 18.6. The number of halogens is 1. The first-order valence-electron chi connectivity index (χ1n) is 5.62. The van der Waals surface area contributed by atoms with Crippen LogP contribution in [0.3, 0.4) is 0 Å². The molecule has 0 radical (unpaired) electrons. The summed E-state index contributed by atoms with van der Waals surface area (Å²) in [4.78, 5) is 11.5. The van der Waals surface area contributed by atoms with Gasteiger partial charge in [-0.1, -0.05) is 6.07 Å². The molecule has 0 atom stereocenters. The smallest absolute Gasteiger partial charge is 0.316 e. The number of carbonyl (C=O) groups excluding carboxylic acids is 1. The fourth-order valence-corrected chi connectivity index (χ4v) is 2.17. The van der Waals surface area contributed by atoms with Crippen molar-refractivity contribution in [3.63, 3.8) is 0 Å². The predicted molar refractivity (Wildman–Crippen MR) is 72.8 cm³/mol. The van der Waals surface area contributed by atoms with Gasteiger partial charge in [-0.05, 0) is 32.9 Å². The number of benzene rings is 1. The van der Waals surface area contributed by atoms with Gasteiger partial charge in [0.25, 0.3) is 0 Å². The Morgan fingerprint density at radius 3 is 2.67 bits per heavy atom. The maximum Gasteiger partial charge on any atom is 0.316 e. The summed E-state index contributed by atoms with van der Waals surface area (Å²) in [5, 5.41) is 0. The second-order valence-corrected chi connectivity index (χ2v) is 5.87. The molecule has 0 aliphatic carbocycles. The third-order valence-electron chi connectivity index (χ3n) is 2.04. The van der Waals surface area contributed by atoms with Crippen molar-refractivity contribution < 1.29 is 13.9 Å². The summed E-state index contributed by atoms with van der Waals surface area (Å²) >= 11 is 1.29. The molecule has 0 aliphatic rings. The van der Waals surface area contributed by atoms with Gasteiger partial charge in [0.05, 0.1) is 5.75 Å². The van der Waals surface area contributed by atoms with E-state index in [1.807, 2.05) is 20.8 Å². The Hall–Kier alpha value is -1.23. The van der Waals surface area contributed by atoms with E-state index in [0.29, 0.717) is 17.0 Å². The van der Waals surface area contributed by atoms with Crippen molar-refractivity contribution in [1.29, 1.82) is 0 Å². The molecule has 0 unspecified atom stereocenters. The van der Waals surface area contributed by atoms with Crippen LogP contribution >= 0.6 is 11.8 Å². The minimum Gasteiger partial charge on any atom is -0.459 e. The molecular weight excluding hydrogens is 253 g/mol. The zero-order chi connectivity index (χ0) is 13.8. The Kier molecular flexibility index (Phi) is 5.02. The predicted octanol–water partition coefficient (Wildman–Crippen LogP) is 2.98. The number of hydrogen-bond donors (Lipinski definition) is 1. The number of hydrogen-bond acceptors (Lipinski definition) is 4. The molecule has 5 heteroatoms. The van der Waals surface area contributed by atoms with Crippen molar-refractivity contribution in [3.05, 3.63) is 29.6 Å². The summed E-state index contributed by atoms with van der Waals surface area (Å²) in [7, 11) is 0. The number of thioether (sulfide) groups is 1. The van der Waals surface area contributed by atoms with E-state index in [4.69, 9.17) is 10.5 Å². The van der Waals surface area contributed by atoms with Gasteiger partial charge in [0.15, 0.2) is 0 Å². The van der Waals surface area contributed by atoms with E-state index in [9.17, 15) is 9.18 Å². The molecule has 0 heterocycles. The zero-order valence-corrected chi connectivity index (χ0v) is 11.6. The summed E-state index contributed by atoms with van der Waals surface area (Å²) in [6, 6.07) is 4.57. The number of esters is 1. The van der Waals surface area contributed by atoms with Crippen molar-refractivity contribution in [1.82, 2.24) is 0 Å². The summed E-state index contributed by atoms with van der Waals surface area (Å²) in [5.41, 5.74) is 6.02. The number of nitrogen functional groups attached to an aromatic ring is 1. The molecule has 1 aromatic rings. The third kappa shape index (κ3) is 4.96. The van der Waals surface area contributed by atoms with Gasteiger partial charge < -0.3 is 10.5 Å². The largest absolute Gasteiger partial charge is 0.459 e. The summed E-state index contributed by atoms with van der Waals surface area (Å²) in [6.45, 7) is 5.43. The lowest BCUT2D eigenvalue weighted by atomic mass is 10.2. The first-order valence-corrected chi connectivity index (χ1v) is 6.77. The Morgan fingerprint density at radius 2 is 2.11 bits per heavy atom. The Morgan fingerprint density at radius 1 is 1.44 bits per heavy atom. The zero-order valence-electron chi connectivity index (χ0n) is 10.8. The van der Waals surface area contributed by atoms with E-state index in [-0.39, 0.29) is 17.5 Å². The Labute approximate surface area is 111 Å². The molecule has 0 saturated carbocycles. The van der Waals surface area contributed by atoms with Crippen LogP contribution in [0.1, 0.15) is 26.3 Å². The van der Waals surface area contributed by atoms with Gasteiger partial charge in [-0.3, -0.25) is 4.79 Å². The molecule has 3 nitrogen and oxygen atoms in total. The number of rotatable bonds is 4. The van der Waals surface area contributed by atoms with Crippen molar-refractivity contribution in [2.75, 3.05) is 11.5 Å². The molecule has 100 valence electrons. The SMILES string of the molecule is CC(C)(C)OC(=O)CSCc1c(N)cccc1F. The lowest BCUT2D eigenvalue weighted by Gasteiger charge is -2.19. The highest BCUT2D eigenvalue weighted by atomic mass is 32.2. The molecule has 0 bridgehead atoms. The maximum absolute atomic E-state index is 13.4. The molecule has 1 aromatic carbocycles. The van der Waals surface area contributed by atoms with Gasteiger partial charge in [-0.2, -0.15) is 0 Å². The van der Waals surface area contributed by atoms with Crippen molar-refractivity contribution in [2.45, 2.75) is 32.1 Å². The number of anilines is 1. The summed E-state index contributed by atoms with van der Waals surface area (Å²) in [5.74, 6) is -0.0999. The molecule has 0 aliphatic heterocycles. The topological polar surface area (TPSA) is 52.3 Å². The first kappa shape index (κ1) is 14.8. The third-order valence-corrected chi connectivity index (χ3v) is 2.97. The van der Waals surface area contributed by atoms with Crippen LogP contribution in [0.4, 0.5) is 10.1 Å². The van der Waals surface area contributed by atoms with Crippen LogP contribution in [0.15, 0.2) is 18.2 Å². The maximum atomic E-state index is 13.4. The van der Waals surface area contributed by atoms with E-state index >= 15 is 0 Å². The molecule has 2 N–H and O–H groups in total. The van der Waals surface area contributed by atoms with Gasteiger partial charge in [0.1, 0.15) is 11.4 Å². The second kappa shape index (κ2) is 6.09. The molecule has 0 fully saturated rings. The molecule has 0 saturated heterocycles. The summed E-state index contributed by atoms with van der Waals surface area (Å²) in [6.07, 6.45) is 0. The van der Waals surface area contributed by atoms with E-state index in [2.05, 4.69) is 0 Å². The Bertz CT molecular complexity index is 409. The fraction of sp³-hybridized carbons (Fsp3) is 0.462.